The second-order valence-corrected chi connectivity index (χ2v) is 12.9. The normalized spacial score (nSPS) is 17.2. The first kappa shape index (κ1) is 35.3. The number of ether oxygens (including phenoxy) is 2. The van der Waals surface area contributed by atoms with Gasteiger partial charge in [0.25, 0.3) is 0 Å². The molecule has 4 aromatic carbocycles. The number of morpholine rings is 1. The summed E-state index contributed by atoms with van der Waals surface area (Å²) >= 11 is 6.13. The number of ketones is 1. The van der Waals surface area contributed by atoms with Crippen LogP contribution in [0.25, 0.3) is 11.0 Å². The van der Waals surface area contributed by atoms with Crippen LogP contribution < -0.4 is 5.32 Å². The first-order chi connectivity index (χ1) is 24.1. The summed E-state index contributed by atoms with van der Waals surface area (Å²) in [6, 6.07) is 28.9. The van der Waals surface area contributed by atoms with Crippen molar-refractivity contribution in [2.75, 3.05) is 20.3 Å². The maximum Gasteiger partial charge on any atom is 0.416 e. The summed E-state index contributed by atoms with van der Waals surface area (Å²) in [4.78, 5) is 34.3. The zero-order valence-corrected chi connectivity index (χ0v) is 28.1. The summed E-state index contributed by atoms with van der Waals surface area (Å²) < 4.78 is 51.0. The van der Waals surface area contributed by atoms with Gasteiger partial charge in [0.1, 0.15) is 17.1 Å². The van der Waals surface area contributed by atoms with Gasteiger partial charge in [-0.25, -0.2) is 4.98 Å². The number of aromatic nitrogens is 2. The van der Waals surface area contributed by atoms with Crippen molar-refractivity contribution in [1.82, 2.24) is 15.3 Å². The molecule has 0 bridgehead atoms. The third-order valence-electron chi connectivity index (χ3n) is 9.27. The lowest BCUT2D eigenvalue weighted by atomic mass is 9.75. The molecular formula is C39H37ClF3N3O4. The van der Waals surface area contributed by atoms with Crippen LogP contribution in [0.4, 0.5) is 13.2 Å². The van der Waals surface area contributed by atoms with Crippen LogP contribution >= 0.6 is 11.6 Å². The molecule has 0 unspecified atom stereocenters. The predicted octanol–water partition coefficient (Wildman–Crippen LogP) is 8.02. The molecule has 5 aromatic rings. The van der Waals surface area contributed by atoms with E-state index in [1.54, 1.807) is 0 Å². The van der Waals surface area contributed by atoms with Crippen molar-refractivity contribution in [1.29, 1.82) is 0 Å². The summed E-state index contributed by atoms with van der Waals surface area (Å²) in [5.41, 5.74) is 3.46. The molecule has 2 heterocycles. The number of nitrogens with one attached hydrogen (secondary N) is 2. The maximum atomic E-state index is 14.2. The van der Waals surface area contributed by atoms with Crippen LogP contribution in [0, 0.1) is 5.92 Å². The molecule has 0 amide bonds. The van der Waals surface area contributed by atoms with Gasteiger partial charge in [-0.1, -0.05) is 96.5 Å². The molecule has 2 N–H and O–H groups in total. The molecule has 0 saturated carbocycles. The Balaban J connectivity index is 1.13. The van der Waals surface area contributed by atoms with Crippen molar-refractivity contribution in [2.45, 2.75) is 49.9 Å². The Labute approximate surface area is 293 Å². The first-order valence-electron chi connectivity index (χ1n) is 16.5. The largest absolute Gasteiger partial charge is 0.469 e. The van der Waals surface area contributed by atoms with E-state index in [2.05, 4.69) is 15.3 Å². The molecule has 50 heavy (non-hydrogen) atoms. The van der Waals surface area contributed by atoms with Gasteiger partial charge in [0.15, 0.2) is 0 Å². The average molecular weight is 704 g/mol. The van der Waals surface area contributed by atoms with Gasteiger partial charge in [-0.3, -0.25) is 9.59 Å². The molecule has 11 heteroatoms. The van der Waals surface area contributed by atoms with E-state index in [-0.39, 0.29) is 59.4 Å². The minimum Gasteiger partial charge on any atom is -0.469 e. The van der Waals surface area contributed by atoms with Crippen LogP contribution in [0.2, 0.25) is 5.02 Å². The number of methoxy groups -OCH3 is 1. The Hall–Kier alpha value is -4.51. The molecule has 1 saturated heterocycles. The Kier molecular flexibility index (Phi) is 11.0. The number of Topliss-reactive ketones (excluding diaryl/α,β-unsaturated/α-hetero) is 1. The van der Waals surface area contributed by atoms with Crippen molar-refractivity contribution in [3.8, 4) is 0 Å². The van der Waals surface area contributed by atoms with Gasteiger partial charge in [0, 0.05) is 24.8 Å². The molecule has 0 aliphatic carbocycles. The lowest BCUT2D eigenvalue weighted by Gasteiger charge is -2.29. The maximum absolute atomic E-state index is 14.2. The standard InChI is InChI=1S/C39H37ClF3N3O4/c1-49-35(48)21-30(36(25-11-4-2-5-12-25)26-13-6-3-7-14-26)34(47)18-27-15-9-8-10-24(27)16-17-29-22-44-33(23-50-29)38-45-32-20-28(39(41,42)43)19-31(40)37(32)46-38/h2-15,19-20,29-30,33,36,44H,16-18,21-23H2,1H3,(H,45,46)/t29-,30-,33+/m1/s1. The molecule has 7 nitrogen and oxygen atoms in total. The number of hydrogen-bond acceptors (Lipinski definition) is 6. The van der Waals surface area contributed by atoms with Crippen molar-refractivity contribution in [3.05, 3.63) is 136 Å². The summed E-state index contributed by atoms with van der Waals surface area (Å²) in [6.45, 7) is 0.769. The van der Waals surface area contributed by atoms with Gasteiger partial charge in [-0.2, -0.15) is 13.2 Å². The SMILES string of the molecule is COC(=O)C[C@H](C(=O)Cc1ccccc1CC[C@@H]1CN[C@H](c2nc3c(Cl)cc(C(F)(F)F)cc3[nH]2)CO1)C(c1ccccc1)c1ccccc1. The first-order valence-corrected chi connectivity index (χ1v) is 16.9. The number of rotatable bonds is 12. The topological polar surface area (TPSA) is 93.3 Å². The van der Waals surface area contributed by atoms with Crippen molar-refractivity contribution in [3.63, 3.8) is 0 Å². The predicted molar refractivity (Wildman–Crippen MR) is 185 cm³/mol. The zero-order valence-electron chi connectivity index (χ0n) is 27.4. The zero-order chi connectivity index (χ0) is 35.3. The number of halogens is 4. The summed E-state index contributed by atoms with van der Waals surface area (Å²) in [5, 5.41) is 3.32. The van der Waals surface area contributed by atoms with Crippen LogP contribution in [0.15, 0.2) is 97.1 Å². The number of aromatic amines is 1. The molecule has 1 fully saturated rings. The third kappa shape index (κ3) is 8.26. The van der Waals surface area contributed by atoms with Crippen molar-refractivity contribution in [2.24, 2.45) is 5.92 Å². The number of carbonyl (C=O) groups excluding carboxylic acids is 2. The summed E-state index contributed by atoms with van der Waals surface area (Å²) in [5.74, 6) is -1.01. The smallest absolute Gasteiger partial charge is 0.416 e. The van der Waals surface area contributed by atoms with Crippen molar-refractivity contribution < 1.29 is 32.2 Å². The average Bonchev–Trinajstić information content (AvgIpc) is 3.57. The van der Waals surface area contributed by atoms with Crippen LogP contribution in [-0.2, 0) is 38.1 Å². The molecule has 6 rings (SSSR count). The summed E-state index contributed by atoms with van der Waals surface area (Å²) in [7, 11) is 1.34. The molecule has 3 atom stereocenters. The number of H-pyrrole nitrogens is 1. The van der Waals surface area contributed by atoms with E-state index in [9.17, 15) is 22.8 Å². The second-order valence-electron chi connectivity index (χ2n) is 12.5. The Morgan fingerprint density at radius 1 is 0.960 bits per heavy atom. The Bertz CT molecular complexity index is 1890. The molecule has 1 aliphatic heterocycles. The van der Waals surface area contributed by atoms with Crippen LogP contribution in [-0.4, -0.2) is 48.1 Å². The van der Waals surface area contributed by atoms with E-state index in [4.69, 9.17) is 21.1 Å². The Morgan fingerprint density at radius 2 is 1.60 bits per heavy atom. The number of imidazole rings is 1. The second kappa shape index (κ2) is 15.6. The van der Waals surface area contributed by atoms with Gasteiger partial charge < -0.3 is 19.8 Å². The van der Waals surface area contributed by atoms with Gasteiger partial charge in [-0.15, -0.1) is 0 Å². The molecule has 260 valence electrons. The number of aryl methyl sites for hydroxylation is 1. The highest BCUT2D eigenvalue weighted by Gasteiger charge is 2.34. The molecule has 1 aliphatic rings. The number of nitrogens with zero attached hydrogens (tertiary/aromatic N) is 1. The number of esters is 1. The number of fused-ring (bicyclic) bond motifs is 1. The minimum atomic E-state index is -4.52. The fourth-order valence-electron chi connectivity index (χ4n) is 6.68. The van der Waals surface area contributed by atoms with E-state index in [0.29, 0.717) is 25.2 Å². The highest BCUT2D eigenvalue weighted by molar-refractivity contribution is 6.35. The van der Waals surface area contributed by atoms with E-state index in [1.165, 1.54) is 7.11 Å². The molecular weight excluding hydrogens is 667 g/mol. The van der Waals surface area contributed by atoms with Gasteiger partial charge >= 0.3 is 12.1 Å². The lowest BCUT2D eigenvalue weighted by Crippen LogP contribution is -2.41. The number of carbonyl (C=O) groups is 2. The van der Waals surface area contributed by atoms with Gasteiger partial charge in [0.05, 0.1) is 48.4 Å². The van der Waals surface area contributed by atoms with E-state index < -0.39 is 23.6 Å². The number of hydrogen-bond donors (Lipinski definition) is 2. The third-order valence-corrected chi connectivity index (χ3v) is 9.56. The van der Waals surface area contributed by atoms with Gasteiger partial charge in [-0.05, 0) is 47.2 Å². The quantitative estimate of drug-likeness (QED) is 0.128. The van der Waals surface area contributed by atoms with Gasteiger partial charge in [0.2, 0.25) is 0 Å². The van der Waals surface area contributed by atoms with E-state index in [0.717, 1.165) is 34.4 Å². The Morgan fingerprint density at radius 3 is 2.20 bits per heavy atom. The van der Waals surface area contributed by atoms with Crippen LogP contribution in [0.1, 0.15) is 58.4 Å². The van der Waals surface area contributed by atoms with E-state index in [1.807, 2.05) is 84.9 Å². The number of benzene rings is 4. The summed E-state index contributed by atoms with van der Waals surface area (Å²) in [6.07, 6.45) is -3.21. The highest BCUT2D eigenvalue weighted by Crippen LogP contribution is 2.37. The fourth-order valence-corrected chi connectivity index (χ4v) is 6.94. The number of alkyl halides is 3. The molecule has 0 spiro atoms. The van der Waals surface area contributed by atoms with Crippen LogP contribution in [0.3, 0.4) is 0 Å². The van der Waals surface area contributed by atoms with Crippen molar-refractivity contribution >= 4 is 34.4 Å². The minimum absolute atomic E-state index is 0.0460. The van der Waals surface area contributed by atoms with E-state index >= 15 is 0 Å². The molecule has 0 radical (unpaired) electrons. The lowest BCUT2D eigenvalue weighted by molar-refractivity contribution is -0.144. The monoisotopic (exact) mass is 703 g/mol. The fraction of sp³-hybridized carbons (Fsp3) is 0.308. The molecule has 1 aromatic heterocycles. The van der Waals surface area contributed by atoms with Crippen LogP contribution in [0.5, 0.6) is 0 Å². The highest BCUT2D eigenvalue weighted by atomic mass is 35.5.